The SMILES string of the molecule is O=C(CCc1ncc(-c2ccc(Cl)cc2)o1)NCCNC(=O)c1ccco1. The van der Waals surface area contributed by atoms with Crippen LogP contribution >= 0.6 is 11.6 Å². The molecule has 0 fully saturated rings. The van der Waals surface area contributed by atoms with Gasteiger partial charge in [-0.1, -0.05) is 11.6 Å². The zero-order valence-corrected chi connectivity index (χ0v) is 15.2. The number of halogens is 1. The third-order valence-corrected chi connectivity index (χ3v) is 3.98. The fourth-order valence-electron chi connectivity index (χ4n) is 2.36. The zero-order chi connectivity index (χ0) is 19.1. The number of benzene rings is 1. The Hall–Kier alpha value is -3.06. The van der Waals surface area contributed by atoms with Crippen LogP contribution in [0.15, 0.2) is 57.7 Å². The summed E-state index contributed by atoms with van der Waals surface area (Å²) in [4.78, 5) is 27.7. The van der Waals surface area contributed by atoms with Gasteiger partial charge < -0.3 is 19.5 Å². The summed E-state index contributed by atoms with van der Waals surface area (Å²) in [6, 6.07) is 10.4. The summed E-state index contributed by atoms with van der Waals surface area (Å²) in [7, 11) is 0. The molecule has 3 aromatic rings. The lowest BCUT2D eigenvalue weighted by Gasteiger charge is -2.05. The van der Waals surface area contributed by atoms with Crippen molar-refractivity contribution in [2.45, 2.75) is 12.8 Å². The Labute approximate surface area is 160 Å². The number of aromatic nitrogens is 1. The predicted octanol–water partition coefficient (Wildman–Crippen LogP) is 3.07. The molecule has 1 aromatic carbocycles. The van der Waals surface area contributed by atoms with E-state index in [4.69, 9.17) is 20.4 Å². The quantitative estimate of drug-likeness (QED) is 0.579. The van der Waals surface area contributed by atoms with Gasteiger partial charge in [0.2, 0.25) is 5.91 Å². The van der Waals surface area contributed by atoms with E-state index >= 15 is 0 Å². The second-order valence-corrected chi connectivity index (χ2v) is 6.14. The molecule has 27 heavy (non-hydrogen) atoms. The maximum absolute atomic E-state index is 11.9. The number of furan rings is 1. The highest BCUT2D eigenvalue weighted by Gasteiger charge is 2.10. The van der Waals surface area contributed by atoms with Gasteiger partial charge in [-0.05, 0) is 36.4 Å². The lowest BCUT2D eigenvalue weighted by Crippen LogP contribution is -2.34. The zero-order valence-electron chi connectivity index (χ0n) is 14.4. The van der Waals surface area contributed by atoms with Gasteiger partial charge in [0.25, 0.3) is 5.91 Å². The van der Waals surface area contributed by atoms with Gasteiger partial charge >= 0.3 is 0 Å². The van der Waals surface area contributed by atoms with Gasteiger partial charge in [-0.25, -0.2) is 4.98 Å². The van der Waals surface area contributed by atoms with Crippen LogP contribution in [0.3, 0.4) is 0 Å². The molecule has 8 heteroatoms. The van der Waals surface area contributed by atoms with Crippen LogP contribution < -0.4 is 10.6 Å². The maximum Gasteiger partial charge on any atom is 0.287 e. The fraction of sp³-hybridized carbons (Fsp3) is 0.211. The molecule has 2 heterocycles. The number of rotatable bonds is 8. The van der Waals surface area contributed by atoms with Crippen LogP contribution in [-0.4, -0.2) is 29.9 Å². The van der Waals surface area contributed by atoms with E-state index in [-0.39, 0.29) is 24.0 Å². The number of carbonyl (C=O) groups is 2. The summed E-state index contributed by atoms with van der Waals surface area (Å²) in [6.45, 7) is 0.637. The van der Waals surface area contributed by atoms with Crippen LogP contribution in [0.2, 0.25) is 5.02 Å². The van der Waals surface area contributed by atoms with Crippen LogP contribution in [0.4, 0.5) is 0 Å². The second-order valence-electron chi connectivity index (χ2n) is 5.71. The molecule has 0 saturated carbocycles. The number of hydrogen-bond acceptors (Lipinski definition) is 5. The molecule has 140 valence electrons. The number of nitrogens with one attached hydrogen (secondary N) is 2. The molecule has 0 saturated heterocycles. The first-order chi connectivity index (χ1) is 13.1. The van der Waals surface area contributed by atoms with Crippen LogP contribution in [0.25, 0.3) is 11.3 Å². The molecule has 0 spiro atoms. The molecule has 7 nitrogen and oxygen atoms in total. The normalized spacial score (nSPS) is 10.6. The summed E-state index contributed by atoms with van der Waals surface area (Å²) in [5.41, 5.74) is 0.870. The Kier molecular flexibility index (Phi) is 6.27. The number of aryl methyl sites for hydroxylation is 1. The molecule has 2 aromatic heterocycles. The molecule has 0 bridgehead atoms. The lowest BCUT2D eigenvalue weighted by molar-refractivity contribution is -0.121. The number of amides is 2. The molecular weight excluding hydrogens is 370 g/mol. The molecule has 0 unspecified atom stereocenters. The minimum Gasteiger partial charge on any atom is -0.459 e. The molecule has 0 radical (unpaired) electrons. The van der Waals surface area contributed by atoms with Crippen molar-refractivity contribution in [3.05, 3.63) is 65.5 Å². The van der Waals surface area contributed by atoms with E-state index in [0.29, 0.717) is 36.2 Å². The average molecular weight is 388 g/mol. The van der Waals surface area contributed by atoms with Gasteiger partial charge in [0.15, 0.2) is 17.4 Å². The van der Waals surface area contributed by atoms with E-state index in [1.54, 1.807) is 30.5 Å². The third kappa shape index (κ3) is 5.46. The molecule has 0 aliphatic rings. The molecule has 0 aliphatic heterocycles. The van der Waals surface area contributed by atoms with E-state index in [9.17, 15) is 9.59 Å². The minimum atomic E-state index is -0.316. The Morgan fingerprint density at radius 1 is 1.07 bits per heavy atom. The monoisotopic (exact) mass is 387 g/mol. The molecule has 0 aliphatic carbocycles. The highest BCUT2D eigenvalue weighted by atomic mass is 35.5. The van der Waals surface area contributed by atoms with Crippen molar-refractivity contribution in [3.8, 4) is 11.3 Å². The topological polar surface area (TPSA) is 97.4 Å². The van der Waals surface area contributed by atoms with Crippen molar-refractivity contribution in [2.75, 3.05) is 13.1 Å². The van der Waals surface area contributed by atoms with Gasteiger partial charge in [-0.2, -0.15) is 0 Å². The van der Waals surface area contributed by atoms with Crippen LogP contribution in [0.1, 0.15) is 22.9 Å². The Morgan fingerprint density at radius 2 is 1.85 bits per heavy atom. The van der Waals surface area contributed by atoms with Crippen molar-refractivity contribution < 1.29 is 18.4 Å². The Morgan fingerprint density at radius 3 is 2.59 bits per heavy atom. The summed E-state index contributed by atoms with van der Waals surface area (Å²) in [6.07, 6.45) is 3.68. The Balaban J connectivity index is 1.37. The highest BCUT2D eigenvalue weighted by Crippen LogP contribution is 2.22. The number of carbonyl (C=O) groups excluding carboxylic acids is 2. The number of nitrogens with zero attached hydrogens (tertiary/aromatic N) is 1. The first kappa shape index (κ1) is 18.7. The second kappa shape index (κ2) is 9.05. The van der Waals surface area contributed by atoms with Crippen molar-refractivity contribution in [1.29, 1.82) is 0 Å². The number of oxazole rings is 1. The number of hydrogen-bond donors (Lipinski definition) is 2. The van der Waals surface area contributed by atoms with Crippen molar-refractivity contribution in [3.63, 3.8) is 0 Å². The van der Waals surface area contributed by atoms with Gasteiger partial charge in [-0.3, -0.25) is 9.59 Å². The molecule has 2 N–H and O–H groups in total. The third-order valence-electron chi connectivity index (χ3n) is 3.73. The largest absolute Gasteiger partial charge is 0.459 e. The summed E-state index contributed by atoms with van der Waals surface area (Å²) in [5, 5.41) is 6.03. The average Bonchev–Trinajstić information content (AvgIpc) is 3.36. The Bertz CT molecular complexity index is 888. The van der Waals surface area contributed by atoms with Gasteiger partial charge in [0.05, 0.1) is 12.5 Å². The van der Waals surface area contributed by atoms with Gasteiger partial charge in [0, 0.05) is 36.5 Å². The van der Waals surface area contributed by atoms with Crippen LogP contribution in [0, 0.1) is 0 Å². The summed E-state index contributed by atoms with van der Waals surface area (Å²) >= 11 is 5.87. The standard InChI is InChI=1S/C19H18ClN3O4/c20-14-5-3-13(4-6-14)16-12-23-18(27-16)8-7-17(24)21-9-10-22-19(25)15-2-1-11-26-15/h1-6,11-12H,7-10H2,(H,21,24)(H,22,25). The molecule has 2 amide bonds. The lowest BCUT2D eigenvalue weighted by atomic mass is 10.2. The van der Waals surface area contributed by atoms with E-state index in [0.717, 1.165) is 5.56 Å². The van der Waals surface area contributed by atoms with Crippen molar-refractivity contribution >= 4 is 23.4 Å². The molecular formula is C19H18ClN3O4. The van der Waals surface area contributed by atoms with Gasteiger partial charge in [0.1, 0.15) is 0 Å². The van der Waals surface area contributed by atoms with Crippen LogP contribution in [0.5, 0.6) is 0 Å². The summed E-state index contributed by atoms with van der Waals surface area (Å²) < 4.78 is 10.6. The first-order valence-electron chi connectivity index (χ1n) is 8.41. The minimum absolute atomic E-state index is 0.145. The van der Waals surface area contributed by atoms with E-state index in [1.165, 1.54) is 6.26 Å². The van der Waals surface area contributed by atoms with E-state index in [2.05, 4.69) is 15.6 Å². The van der Waals surface area contributed by atoms with E-state index in [1.807, 2.05) is 12.1 Å². The van der Waals surface area contributed by atoms with Crippen LogP contribution in [-0.2, 0) is 11.2 Å². The molecule has 0 atom stereocenters. The van der Waals surface area contributed by atoms with Crippen molar-refractivity contribution in [2.24, 2.45) is 0 Å². The smallest absolute Gasteiger partial charge is 0.287 e. The van der Waals surface area contributed by atoms with Crippen molar-refractivity contribution in [1.82, 2.24) is 15.6 Å². The van der Waals surface area contributed by atoms with E-state index < -0.39 is 0 Å². The summed E-state index contributed by atoms with van der Waals surface area (Å²) in [5.74, 6) is 0.892. The molecule has 3 rings (SSSR count). The highest BCUT2D eigenvalue weighted by molar-refractivity contribution is 6.30. The maximum atomic E-state index is 11.9. The fourth-order valence-corrected chi connectivity index (χ4v) is 2.48. The predicted molar refractivity (Wildman–Crippen MR) is 99.3 cm³/mol. The first-order valence-corrected chi connectivity index (χ1v) is 8.78. The van der Waals surface area contributed by atoms with Gasteiger partial charge in [-0.15, -0.1) is 0 Å².